The smallest absolute Gasteiger partial charge is 0.416 e. The van der Waals surface area contributed by atoms with Gasteiger partial charge < -0.3 is 9.64 Å². The molecule has 1 aliphatic heterocycles. The predicted octanol–water partition coefficient (Wildman–Crippen LogP) is 5.80. The molecule has 3 aromatic rings. The number of benzene rings is 2. The summed E-state index contributed by atoms with van der Waals surface area (Å²) in [5, 5.41) is 0.0310. The fourth-order valence-corrected chi connectivity index (χ4v) is 5.35. The van der Waals surface area contributed by atoms with Crippen molar-refractivity contribution in [1.82, 2.24) is 4.98 Å². The Morgan fingerprint density at radius 1 is 1.13 bits per heavy atom. The zero-order chi connectivity index (χ0) is 22.4. The van der Waals surface area contributed by atoms with Crippen LogP contribution in [-0.4, -0.2) is 26.6 Å². The number of thiazole rings is 1. The van der Waals surface area contributed by atoms with Gasteiger partial charge in [0.25, 0.3) is 10.0 Å². The molecule has 0 saturated carbocycles. The SMILES string of the molecule is O=S(=O)(Nc1ncc(Cl)s1)c1ccc2c(c1)OCCN2c1ccc(C(F)(F)F)cc1Cl. The van der Waals surface area contributed by atoms with Crippen LogP contribution in [0.2, 0.25) is 9.36 Å². The first-order valence-electron chi connectivity index (χ1n) is 8.60. The molecule has 2 heterocycles. The van der Waals surface area contributed by atoms with Gasteiger partial charge in [0.1, 0.15) is 16.7 Å². The number of alkyl halides is 3. The summed E-state index contributed by atoms with van der Waals surface area (Å²) >= 11 is 12.9. The van der Waals surface area contributed by atoms with Crippen LogP contribution >= 0.6 is 34.5 Å². The minimum absolute atomic E-state index is 0.0714. The summed E-state index contributed by atoms with van der Waals surface area (Å²) in [6, 6.07) is 7.27. The van der Waals surface area contributed by atoms with Crippen LogP contribution in [0.15, 0.2) is 47.5 Å². The Morgan fingerprint density at radius 2 is 1.87 bits per heavy atom. The summed E-state index contributed by atoms with van der Waals surface area (Å²) in [7, 11) is -3.96. The molecule has 1 aliphatic rings. The van der Waals surface area contributed by atoms with Gasteiger partial charge in [-0.05, 0) is 30.3 Å². The minimum Gasteiger partial charge on any atom is -0.489 e. The number of rotatable bonds is 4. The Bertz CT molecular complexity index is 1250. The van der Waals surface area contributed by atoms with Crippen LogP contribution in [-0.2, 0) is 16.2 Å². The molecule has 13 heteroatoms. The first-order valence-corrected chi connectivity index (χ1v) is 11.7. The molecule has 1 aromatic heterocycles. The normalized spacial score (nSPS) is 14.2. The van der Waals surface area contributed by atoms with Crippen LogP contribution in [0.1, 0.15) is 5.56 Å². The van der Waals surface area contributed by atoms with Gasteiger partial charge in [-0.15, -0.1) is 0 Å². The van der Waals surface area contributed by atoms with Crippen LogP contribution in [0.5, 0.6) is 5.75 Å². The third-order valence-corrected chi connectivity index (χ3v) is 7.17. The standard InChI is InChI=1S/C18H12Cl2F3N3O3S2/c19-12-7-10(18(21,22)23)1-3-13(12)26-5-6-29-15-8-11(2-4-14(15)26)31(27,28)25-17-24-9-16(20)30-17/h1-4,7-9H,5-6H2,(H,24,25). The molecule has 0 fully saturated rings. The number of halogens is 5. The molecule has 31 heavy (non-hydrogen) atoms. The van der Waals surface area contributed by atoms with Crippen LogP contribution in [0.25, 0.3) is 0 Å². The van der Waals surface area contributed by atoms with Gasteiger partial charge in [0.05, 0.1) is 39.6 Å². The largest absolute Gasteiger partial charge is 0.489 e. The maximum Gasteiger partial charge on any atom is 0.416 e. The molecule has 0 bridgehead atoms. The van der Waals surface area contributed by atoms with E-state index in [0.29, 0.717) is 22.3 Å². The van der Waals surface area contributed by atoms with Crippen molar-refractivity contribution < 1.29 is 26.3 Å². The number of sulfonamides is 1. The number of fused-ring (bicyclic) bond motifs is 1. The van der Waals surface area contributed by atoms with E-state index in [1.54, 1.807) is 4.90 Å². The van der Waals surface area contributed by atoms with Gasteiger partial charge in [-0.2, -0.15) is 13.2 Å². The average molecular weight is 510 g/mol. The van der Waals surface area contributed by atoms with Gasteiger partial charge >= 0.3 is 6.18 Å². The van der Waals surface area contributed by atoms with Gasteiger partial charge in [0.2, 0.25) is 0 Å². The molecule has 164 valence electrons. The lowest BCUT2D eigenvalue weighted by atomic mass is 10.1. The third-order valence-electron chi connectivity index (χ3n) is 4.37. The number of ether oxygens (including phenoxy) is 1. The van der Waals surface area contributed by atoms with E-state index in [2.05, 4.69) is 9.71 Å². The molecule has 1 N–H and O–H groups in total. The molecule has 0 amide bonds. The van der Waals surface area contributed by atoms with E-state index in [0.717, 1.165) is 23.5 Å². The van der Waals surface area contributed by atoms with Gasteiger partial charge in [0.15, 0.2) is 5.13 Å². The van der Waals surface area contributed by atoms with Gasteiger partial charge in [-0.1, -0.05) is 34.5 Å². The number of nitrogens with one attached hydrogen (secondary N) is 1. The van der Waals surface area contributed by atoms with Crippen LogP contribution in [0, 0.1) is 0 Å². The first-order chi connectivity index (χ1) is 14.5. The maximum absolute atomic E-state index is 12.9. The maximum atomic E-state index is 12.9. The molecule has 2 aromatic carbocycles. The van der Waals surface area contributed by atoms with Crippen molar-refractivity contribution in [3.8, 4) is 5.75 Å². The van der Waals surface area contributed by atoms with Gasteiger partial charge in [-0.25, -0.2) is 13.4 Å². The number of nitrogens with zero attached hydrogens (tertiary/aromatic N) is 2. The second kappa shape index (κ2) is 8.05. The number of anilines is 3. The van der Waals surface area contributed by atoms with Crippen LogP contribution < -0.4 is 14.4 Å². The second-order valence-corrected chi connectivity index (χ2v) is 10.1. The average Bonchev–Trinajstić information content (AvgIpc) is 3.10. The zero-order valence-electron chi connectivity index (χ0n) is 15.3. The number of hydrogen-bond acceptors (Lipinski definition) is 6. The molecular formula is C18H12Cl2F3N3O3S2. The van der Waals surface area contributed by atoms with E-state index in [4.69, 9.17) is 27.9 Å². The van der Waals surface area contributed by atoms with Crippen LogP contribution in [0.3, 0.4) is 0 Å². The van der Waals surface area contributed by atoms with E-state index < -0.39 is 21.8 Å². The molecule has 0 unspecified atom stereocenters. The molecular weight excluding hydrogens is 498 g/mol. The predicted molar refractivity (Wildman–Crippen MR) is 113 cm³/mol. The lowest BCUT2D eigenvalue weighted by Crippen LogP contribution is -2.29. The Labute approximate surface area is 189 Å². The fourth-order valence-electron chi connectivity index (χ4n) is 3.00. The highest BCUT2D eigenvalue weighted by Crippen LogP contribution is 2.42. The Kier molecular flexibility index (Phi) is 5.71. The molecule has 4 rings (SSSR count). The van der Waals surface area contributed by atoms with E-state index >= 15 is 0 Å². The van der Waals surface area contributed by atoms with E-state index in [9.17, 15) is 21.6 Å². The van der Waals surface area contributed by atoms with E-state index in [1.807, 2.05) is 0 Å². The fraction of sp³-hybridized carbons (Fsp3) is 0.167. The van der Waals surface area contributed by atoms with Crippen molar-refractivity contribution in [1.29, 1.82) is 0 Å². The highest BCUT2D eigenvalue weighted by Gasteiger charge is 2.32. The topological polar surface area (TPSA) is 71.5 Å². The number of aromatic nitrogens is 1. The molecule has 0 saturated heterocycles. The summed E-state index contributed by atoms with van der Waals surface area (Å²) in [6.45, 7) is 0.503. The van der Waals surface area contributed by atoms with Crippen molar-refractivity contribution in [2.45, 2.75) is 11.1 Å². The Balaban J connectivity index is 1.66. The van der Waals surface area contributed by atoms with Crippen molar-refractivity contribution >= 4 is 61.1 Å². The Hall–Kier alpha value is -2.21. The van der Waals surface area contributed by atoms with Crippen molar-refractivity contribution in [3.63, 3.8) is 0 Å². The monoisotopic (exact) mass is 509 g/mol. The summed E-state index contributed by atoms with van der Waals surface area (Å²) < 4.78 is 72.3. The Morgan fingerprint density at radius 3 is 2.52 bits per heavy atom. The molecule has 0 radical (unpaired) electrons. The summed E-state index contributed by atoms with van der Waals surface area (Å²) in [5.74, 6) is 0.252. The molecule has 0 atom stereocenters. The van der Waals surface area contributed by atoms with Gasteiger partial charge in [0, 0.05) is 6.07 Å². The molecule has 0 spiro atoms. The second-order valence-electron chi connectivity index (χ2n) is 6.37. The first kappa shape index (κ1) is 22.0. The molecule has 0 aliphatic carbocycles. The highest BCUT2D eigenvalue weighted by molar-refractivity contribution is 7.93. The van der Waals surface area contributed by atoms with Crippen molar-refractivity contribution in [2.75, 3.05) is 22.8 Å². The van der Waals surface area contributed by atoms with E-state index in [-0.39, 0.29) is 27.4 Å². The third kappa shape index (κ3) is 4.54. The lowest BCUT2D eigenvalue weighted by Gasteiger charge is -2.32. The zero-order valence-corrected chi connectivity index (χ0v) is 18.4. The lowest BCUT2D eigenvalue weighted by molar-refractivity contribution is -0.137. The molecule has 6 nitrogen and oxygen atoms in total. The summed E-state index contributed by atoms with van der Waals surface area (Å²) in [6.07, 6.45) is -3.19. The summed E-state index contributed by atoms with van der Waals surface area (Å²) in [4.78, 5) is 5.46. The quantitative estimate of drug-likeness (QED) is 0.481. The highest BCUT2D eigenvalue weighted by atomic mass is 35.5. The van der Waals surface area contributed by atoms with Crippen molar-refractivity contribution in [2.24, 2.45) is 0 Å². The number of hydrogen-bond donors (Lipinski definition) is 1. The minimum atomic E-state index is -4.51. The van der Waals surface area contributed by atoms with Gasteiger partial charge in [-0.3, -0.25) is 4.72 Å². The van der Waals surface area contributed by atoms with E-state index in [1.165, 1.54) is 30.5 Å². The van der Waals surface area contributed by atoms with Crippen LogP contribution in [0.4, 0.5) is 29.7 Å². The van der Waals surface area contributed by atoms with Crippen molar-refractivity contribution in [3.05, 3.63) is 57.5 Å². The summed E-state index contributed by atoms with van der Waals surface area (Å²) in [5.41, 5.74) is -0.0286.